The Morgan fingerprint density at radius 2 is 0.792 bits per heavy atom. The fourth-order valence-corrected chi connectivity index (χ4v) is 8.74. The smallest absolute Gasteiger partial charge is 0.143 e. The van der Waals surface area contributed by atoms with Gasteiger partial charge in [0.1, 0.15) is 11.2 Å². The van der Waals surface area contributed by atoms with Gasteiger partial charge in [-0.05, 0) is 106 Å². The molecule has 246 valence electrons. The molecule has 0 atom stereocenters. The van der Waals surface area contributed by atoms with Crippen molar-refractivity contribution >= 4 is 65.0 Å². The highest BCUT2D eigenvalue weighted by Crippen LogP contribution is 2.49. The van der Waals surface area contributed by atoms with Crippen LogP contribution in [0.4, 0.5) is 0 Å². The summed E-state index contributed by atoms with van der Waals surface area (Å²) in [5.41, 5.74) is 11.4. The number of fused-ring (bicyclic) bond motifs is 7. The second-order valence-corrected chi connectivity index (χ2v) is 13.9. The van der Waals surface area contributed by atoms with E-state index in [0.717, 1.165) is 33.1 Å². The Labute approximate surface area is 307 Å². The van der Waals surface area contributed by atoms with E-state index in [4.69, 9.17) is 4.42 Å². The molecule has 0 aliphatic carbocycles. The normalized spacial score (nSPS) is 11.8. The third-order valence-electron chi connectivity index (χ3n) is 11.0. The van der Waals surface area contributed by atoms with Crippen molar-refractivity contribution in [3.63, 3.8) is 0 Å². The van der Waals surface area contributed by atoms with Crippen molar-refractivity contribution < 1.29 is 4.42 Å². The summed E-state index contributed by atoms with van der Waals surface area (Å²) in [5.74, 6) is 0. The molecule has 11 rings (SSSR count). The highest BCUT2D eigenvalue weighted by atomic mass is 16.3. The predicted octanol–water partition coefficient (Wildman–Crippen LogP) is 14.9. The van der Waals surface area contributed by atoms with Gasteiger partial charge in [0.2, 0.25) is 0 Å². The Morgan fingerprint density at radius 1 is 0.283 bits per heavy atom. The predicted molar refractivity (Wildman–Crippen MR) is 225 cm³/mol. The van der Waals surface area contributed by atoms with Crippen molar-refractivity contribution in [2.24, 2.45) is 0 Å². The van der Waals surface area contributed by atoms with E-state index in [2.05, 4.69) is 194 Å². The molecule has 0 saturated carbocycles. The topological polar surface area (TPSA) is 13.1 Å². The molecular weight excluding hydrogens is 641 g/mol. The van der Waals surface area contributed by atoms with E-state index in [0.29, 0.717) is 0 Å². The van der Waals surface area contributed by atoms with Gasteiger partial charge in [-0.15, -0.1) is 0 Å². The fraction of sp³-hybridized carbons (Fsp3) is 0. The maximum absolute atomic E-state index is 6.92. The monoisotopic (exact) mass is 672 g/mol. The highest BCUT2D eigenvalue weighted by molar-refractivity contribution is 6.28. The number of benzene rings is 10. The van der Waals surface area contributed by atoms with Crippen molar-refractivity contribution in [2.45, 2.75) is 0 Å². The zero-order valence-electron chi connectivity index (χ0n) is 28.9. The minimum Gasteiger partial charge on any atom is -0.455 e. The van der Waals surface area contributed by atoms with Crippen LogP contribution in [0.25, 0.3) is 110 Å². The summed E-state index contributed by atoms with van der Waals surface area (Å²) in [6, 6.07) is 70.4. The van der Waals surface area contributed by atoms with E-state index >= 15 is 0 Å². The molecule has 11 aromatic rings. The first-order chi connectivity index (χ1) is 26.3. The summed E-state index contributed by atoms with van der Waals surface area (Å²) < 4.78 is 6.92. The van der Waals surface area contributed by atoms with E-state index in [-0.39, 0.29) is 0 Å². The molecule has 0 aliphatic heterocycles. The second kappa shape index (κ2) is 11.8. The van der Waals surface area contributed by atoms with Gasteiger partial charge in [-0.2, -0.15) is 0 Å². The largest absolute Gasteiger partial charge is 0.455 e. The molecule has 1 aromatic heterocycles. The first-order valence-electron chi connectivity index (χ1n) is 18.3. The van der Waals surface area contributed by atoms with Crippen molar-refractivity contribution in [2.75, 3.05) is 0 Å². The SMILES string of the molecule is c1ccc(-c2cc(-c3ccc(-c4c5ccccc5c(-c5cccc6ccccc56)c5ccccc45)c4c3oc3ccccc34)cc3ccccc23)cc1. The van der Waals surface area contributed by atoms with Gasteiger partial charge in [-0.1, -0.05) is 170 Å². The number of furan rings is 1. The Balaban J connectivity index is 1.24. The molecule has 0 N–H and O–H groups in total. The van der Waals surface area contributed by atoms with Gasteiger partial charge in [0.25, 0.3) is 0 Å². The van der Waals surface area contributed by atoms with Crippen molar-refractivity contribution in [1.82, 2.24) is 0 Å². The molecule has 0 fully saturated rings. The van der Waals surface area contributed by atoms with Crippen LogP contribution in [0, 0.1) is 0 Å². The summed E-state index contributed by atoms with van der Waals surface area (Å²) in [5, 5.41) is 12.1. The summed E-state index contributed by atoms with van der Waals surface area (Å²) in [7, 11) is 0. The van der Waals surface area contributed by atoms with Gasteiger partial charge in [0, 0.05) is 16.3 Å². The average molecular weight is 673 g/mol. The van der Waals surface area contributed by atoms with Crippen LogP contribution in [-0.2, 0) is 0 Å². The quantitative estimate of drug-likeness (QED) is 0.170. The number of para-hydroxylation sites is 1. The molecule has 0 aliphatic rings. The minimum absolute atomic E-state index is 0.890. The Morgan fingerprint density at radius 3 is 1.49 bits per heavy atom. The maximum atomic E-state index is 6.92. The van der Waals surface area contributed by atoms with Crippen molar-refractivity contribution in [3.8, 4) is 44.5 Å². The maximum Gasteiger partial charge on any atom is 0.143 e. The van der Waals surface area contributed by atoms with Crippen LogP contribution in [0.5, 0.6) is 0 Å². The van der Waals surface area contributed by atoms with Gasteiger partial charge in [0.15, 0.2) is 0 Å². The summed E-state index contributed by atoms with van der Waals surface area (Å²) in [6.07, 6.45) is 0. The van der Waals surface area contributed by atoms with E-state index < -0.39 is 0 Å². The van der Waals surface area contributed by atoms with E-state index in [1.807, 2.05) is 0 Å². The van der Waals surface area contributed by atoms with Gasteiger partial charge in [-0.3, -0.25) is 0 Å². The van der Waals surface area contributed by atoms with Gasteiger partial charge < -0.3 is 4.42 Å². The van der Waals surface area contributed by atoms with Crippen LogP contribution >= 0.6 is 0 Å². The van der Waals surface area contributed by atoms with Crippen LogP contribution in [0.2, 0.25) is 0 Å². The first kappa shape index (κ1) is 29.7. The minimum atomic E-state index is 0.890. The zero-order valence-corrected chi connectivity index (χ0v) is 28.9. The first-order valence-corrected chi connectivity index (χ1v) is 18.3. The third-order valence-corrected chi connectivity index (χ3v) is 11.0. The summed E-state index contributed by atoms with van der Waals surface area (Å²) >= 11 is 0. The molecule has 1 heteroatoms. The van der Waals surface area contributed by atoms with Crippen molar-refractivity contribution in [1.29, 1.82) is 0 Å². The van der Waals surface area contributed by atoms with Crippen LogP contribution in [0.1, 0.15) is 0 Å². The lowest BCUT2D eigenvalue weighted by Crippen LogP contribution is -1.92. The number of rotatable bonds is 4. The number of hydrogen-bond donors (Lipinski definition) is 0. The van der Waals surface area contributed by atoms with E-state index in [1.54, 1.807) is 0 Å². The molecule has 0 spiro atoms. The molecule has 0 bridgehead atoms. The summed E-state index contributed by atoms with van der Waals surface area (Å²) in [6.45, 7) is 0. The number of hydrogen-bond acceptors (Lipinski definition) is 1. The summed E-state index contributed by atoms with van der Waals surface area (Å²) in [4.78, 5) is 0. The van der Waals surface area contributed by atoms with Crippen LogP contribution in [0.3, 0.4) is 0 Å². The van der Waals surface area contributed by atoms with Gasteiger partial charge in [-0.25, -0.2) is 0 Å². The molecule has 0 unspecified atom stereocenters. The Kier molecular flexibility index (Phi) is 6.62. The Bertz CT molecular complexity index is 3160. The van der Waals surface area contributed by atoms with Gasteiger partial charge >= 0.3 is 0 Å². The van der Waals surface area contributed by atoms with Crippen LogP contribution < -0.4 is 0 Å². The third kappa shape index (κ3) is 4.58. The lowest BCUT2D eigenvalue weighted by molar-refractivity contribution is 0.670. The lowest BCUT2D eigenvalue weighted by atomic mass is 9.83. The highest BCUT2D eigenvalue weighted by Gasteiger charge is 2.23. The Hall–Kier alpha value is -6.96. The lowest BCUT2D eigenvalue weighted by Gasteiger charge is -2.19. The van der Waals surface area contributed by atoms with Crippen LogP contribution in [0.15, 0.2) is 199 Å². The molecule has 10 aromatic carbocycles. The molecule has 0 amide bonds. The average Bonchev–Trinajstić information content (AvgIpc) is 3.62. The molecule has 53 heavy (non-hydrogen) atoms. The second-order valence-electron chi connectivity index (χ2n) is 13.9. The van der Waals surface area contributed by atoms with Crippen LogP contribution in [-0.4, -0.2) is 0 Å². The fourth-order valence-electron chi connectivity index (χ4n) is 8.74. The van der Waals surface area contributed by atoms with E-state index in [1.165, 1.54) is 76.5 Å². The molecule has 1 nitrogen and oxygen atoms in total. The van der Waals surface area contributed by atoms with Crippen molar-refractivity contribution in [3.05, 3.63) is 194 Å². The van der Waals surface area contributed by atoms with E-state index in [9.17, 15) is 0 Å². The van der Waals surface area contributed by atoms with Gasteiger partial charge in [0.05, 0.1) is 0 Å². The molecule has 0 radical (unpaired) electrons. The standard InChI is InChI=1S/C52H32O/c1-2-15-34(16-3-1)47-32-36(31-35-18-5-7-21-38(35)47)39-29-30-46(51-45-26-12-13-28-48(45)53-52(39)51)50-43-24-10-8-22-41(43)49(42-23-9-11-25-44(42)50)40-27-14-19-33-17-4-6-20-37(33)40/h1-32H. The zero-order chi connectivity index (χ0) is 34.9. The molecular formula is C52H32O. The molecule has 1 heterocycles. The molecule has 0 saturated heterocycles.